The Labute approximate surface area is 89.9 Å². The Bertz CT molecular complexity index is 357. The number of nitrogens with one attached hydrogen (secondary N) is 2. The zero-order valence-electron chi connectivity index (χ0n) is 9.72. The molecule has 0 saturated carbocycles. The van der Waals surface area contributed by atoms with E-state index in [0.717, 1.165) is 11.4 Å². The summed E-state index contributed by atoms with van der Waals surface area (Å²) in [5.41, 5.74) is 3.32. The molecule has 0 aliphatic rings. The standard InChI is InChI=1S/C10H18N4O/c1-7-9(8(2)14(4)13-7)5-12-6-10(15)11-3/h12H,5-6H2,1-4H3,(H,11,15). The molecule has 5 nitrogen and oxygen atoms in total. The van der Waals surface area contributed by atoms with Crippen LogP contribution < -0.4 is 10.6 Å². The quantitative estimate of drug-likeness (QED) is 0.728. The summed E-state index contributed by atoms with van der Waals surface area (Å²) in [6.07, 6.45) is 0. The fourth-order valence-electron chi connectivity index (χ4n) is 1.46. The van der Waals surface area contributed by atoms with Crippen LogP contribution >= 0.6 is 0 Å². The molecular formula is C10H18N4O. The lowest BCUT2D eigenvalue weighted by Crippen LogP contribution is -2.31. The van der Waals surface area contributed by atoms with Gasteiger partial charge in [0.15, 0.2) is 0 Å². The number of nitrogens with zero attached hydrogens (tertiary/aromatic N) is 2. The lowest BCUT2D eigenvalue weighted by atomic mass is 10.2. The second-order valence-corrected chi connectivity index (χ2v) is 3.55. The van der Waals surface area contributed by atoms with Gasteiger partial charge in [0.05, 0.1) is 12.2 Å². The van der Waals surface area contributed by atoms with Crippen LogP contribution in [0.1, 0.15) is 17.0 Å². The average Bonchev–Trinajstić information content (AvgIpc) is 2.44. The van der Waals surface area contributed by atoms with E-state index in [-0.39, 0.29) is 5.91 Å². The molecule has 0 aliphatic heterocycles. The van der Waals surface area contributed by atoms with Gasteiger partial charge in [-0.1, -0.05) is 0 Å². The van der Waals surface area contributed by atoms with Gasteiger partial charge in [-0.25, -0.2) is 0 Å². The van der Waals surface area contributed by atoms with Gasteiger partial charge in [0, 0.05) is 31.9 Å². The number of aryl methyl sites for hydroxylation is 2. The first kappa shape index (κ1) is 11.7. The largest absolute Gasteiger partial charge is 0.358 e. The van der Waals surface area contributed by atoms with Gasteiger partial charge in [0.25, 0.3) is 0 Å². The van der Waals surface area contributed by atoms with E-state index in [0.29, 0.717) is 13.1 Å². The highest BCUT2D eigenvalue weighted by Gasteiger charge is 2.08. The summed E-state index contributed by atoms with van der Waals surface area (Å²) in [5.74, 6) is -0.00537. The summed E-state index contributed by atoms with van der Waals surface area (Å²) >= 11 is 0. The molecule has 2 N–H and O–H groups in total. The number of carbonyl (C=O) groups excluding carboxylic acids is 1. The van der Waals surface area contributed by atoms with Gasteiger partial charge in [0.1, 0.15) is 0 Å². The van der Waals surface area contributed by atoms with Gasteiger partial charge >= 0.3 is 0 Å². The fourth-order valence-corrected chi connectivity index (χ4v) is 1.46. The molecule has 1 heterocycles. The average molecular weight is 210 g/mol. The maximum atomic E-state index is 11.0. The molecule has 1 rings (SSSR count). The Morgan fingerprint density at radius 3 is 2.60 bits per heavy atom. The third-order valence-corrected chi connectivity index (χ3v) is 2.53. The van der Waals surface area contributed by atoms with E-state index in [2.05, 4.69) is 15.7 Å². The number of hydrogen-bond donors (Lipinski definition) is 2. The third kappa shape index (κ3) is 2.79. The molecule has 5 heteroatoms. The molecule has 0 bridgehead atoms. The number of hydrogen-bond acceptors (Lipinski definition) is 3. The van der Waals surface area contributed by atoms with Crippen LogP contribution in [0.2, 0.25) is 0 Å². The summed E-state index contributed by atoms with van der Waals surface area (Å²) in [5, 5.41) is 9.95. The third-order valence-electron chi connectivity index (χ3n) is 2.53. The Hall–Kier alpha value is -1.36. The molecule has 1 aromatic heterocycles. The Balaban J connectivity index is 2.54. The SMILES string of the molecule is CNC(=O)CNCc1c(C)nn(C)c1C. The second-order valence-electron chi connectivity index (χ2n) is 3.55. The molecule has 1 amide bonds. The molecule has 84 valence electrons. The molecule has 0 aliphatic carbocycles. The van der Waals surface area contributed by atoms with Crippen LogP contribution in [0.3, 0.4) is 0 Å². The highest BCUT2D eigenvalue weighted by molar-refractivity contribution is 5.77. The zero-order valence-corrected chi connectivity index (χ0v) is 9.72. The van der Waals surface area contributed by atoms with E-state index in [9.17, 15) is 4.79 Å². The van der Waals surface area contributed by atoms with Crippen LogP contribution in [0.5, 0.6) is 0 Å². The number of carbonyl (C=O) groups is 1. The minimum atomic E-state index is -0.00537. The molecule has 0 spiro atoms. The summed E-state index contributed by atoms with van der Waals surface area (Å²) in [4.78, 5) is 11.0. The van der Waals surface area contributed by atoms with Gasteiger partial charge in [0.2, 0.25) is 5.91 Å². The van der Waals surface area contributed by atoms with Crippen molar-refractivity contribution in [2.45, 2.75) is 20.4 Å². The Morgan fingerprint density at radius 2 is 2.13 bits per heavy atom. The normalized spacial score (nSPS) is 10.4. The van der Waals surface area contributed by atoms with Crippen molar-refractivity contribution in [2.75, 3.05) is 13.6 Å². The maximum Gasteiger partial charge on any atom is 0.233 e. The molecule has 1 aromatic rings. The highest BCUT2D eigenvalue weighted by Crippen LogP contribution is 2.10. The Morgan fingerprint density at radius 1 is 1.47 bits per heavy atom. The first-order valence-electron chi connectivity index (χ1n) is 4.96. The van der Waals surface area contributed by atoms with Crippen LogP contribution in [-0.2, 0) is 18.4 Å². The predicted molar refractivity (Wildman–Crippen MR) is 58.5 cm³/mol. The molecule has 0 unspecified atom stereocenters. The van der Waals surface area contributed by atoms with E-state index in [1.807, 2.05) is 25.6 Å². The first-order chi connectivity index (χ1) is 7.06. The first-order valence-corrected chi connectivity index (χ1v) is 4.96. The molecule has 0 saturated heterocycles. The highest BCUT2D eigenvalue weighted by atomic mass is 16.1. The van der Waals surface area contributed by atoms with E-state index in [1.165, 1.54) is 5.56 Å². The van der Waals surface area contributed by atoms with Gasteiger partial charge in [-0.3, -0.25) is 9.48 Å². The molecule has 15 heavy (non-hydrogen) atoms. The van der Waals surface area contributed by atoms with Gasteiger partial charge in [-0.2, -0.15) is 5.10 Å². The van der Waals surface area contributed by atoms with Crippen molar-refractivity contribution in [3.63, 3.8) is 0 Å². The van der Waals surface area contributed by atoms with Gasteiger partial charge in [-0.15, -0.1) is 0 Å². The molecule has 0 aromatic carbocycles. The van der Waals surface area contributed by atoms with Crippen molar-refractivity contribution < 1.29 is 4.79 Å². The Kier molecular flexibility index (Phi) is 3.85. The van der Waals surface area contributed by atoms with Crippen molar-refractivity contribution in [2.24, 2.45) is 7.05 Å². The van der Waals surface area contributed by atoms with Crippen molar-refractivity contribution in [1.29, 1.82) is 0 Å². The molecule has 0 atom stereocenters. The van der Waals surface area contributed by atoms with Crippen molar-refractivity contribution >= 4 is 5.91 Å². The zero-order chi connectivity index (χ0) is 11.4. The second kappa shape index (κ2) is 4.93. The monoisotopic (exact) mass is 210 g/mol. The van der Waals surface area contributed by atoms with Crippen LogP contribution in [0.25, 0.3) is 0 Å². The summed E-state index contributed by atoms with van der Waals surface area (Å²) in [6, 6.07) is 0. The molecular weight excluding hydrogens is 192 g/mol. The summed E-state index contributed by atoms with van der Waals surface area (Å²) in [7, 11) is 3.55. The van der Waals surface area contributed by atoms with E-state index < -0.39 is 0 Å². The number of likely N-dealkylation sites (N-methyl/N-ethyl adjacent to an activating group) is 1. The van der Waals surface area contributed by atoms with E-state index >= 15 is 0 Å². The smallest absolute Gasteiger partial charge is 0.233 e. The molecule has 0 fully saturated rings. The van der Waals surface area contributed by atoms with Crippen LogP contribution in [0.4, 0.5) is 0 Å². The van der Waals surface area contributed by atoms with Gasteiger partial charge in [-0.05, 0) is 13.8 Å². The molecule has 0 radical (unpaired) electrons. The van der Waals surface area contributed by atoms with Crippen molar-refractivity contribution in [3.8, 4) is 0 Å². The number of amides is 1. The van der Waals surface area contributed by atoms with Crippen LogP contribution in [0, 0.1) is 13.8 Å². The minimum Gasteiger partial charge on any atom is -0.358 e. The predicted octanol–water partition coefficient (Wildman–Crippen LogP) is -0.127. The fraction of sp³-hybridized carbons (Fsp3) is 0.600. The summed E-state index contributed by atoms with van der Waals surface area (Å²) < 4.78 is 1.85. The van der Waals surface area contributed by atoms with E-state index in [1.54, 1.807) is 7.05 Å². The van der Waals surface area contributed by atoms with Crippen LogP contribution in [-0.4, -0.2) is 29.3 Å². The topological polar surface area (TPSA) is 59.0 Å². The van der Waals surface area contributed by atoms with E-state index in [4.69, 9.17) is 0 Å². The van der Waals surface area contributed by atoms with Crippen molar-refractivity contribution in [1.82, 2.24) is 20.4 Å². The van der Waals surface area contributed by atoms with Gasteiger partial charge < -0.3 is 10.6 Å². The lowest BCUT2D eigenvalue weighted by molar-refractivity contribution is -0.119. The minimum absolute atomic E-state index is 0.00537. The summed E-state index contributed by atoms with van der Waals surface area (Å²) in [6.45, 7) is 5.02. The van der Waals surface area contributed by atoms with Crippen LogP contribution in [0.15, 0.2) is 0 Å². The number of rotatable bonds is 4. The van der Waals surface area contributed by atoms with Crippen molar-refractivity contribution in [3.05, 3.63) is 17.0 Å². The lowest BCUT2D eigenvalue weighted by Gasteiger charge is -2.04. The maximum absolute atomic E-state index is 11.0. The number of aromatic nitrogens is 2.